The molecule has 11 heteroatoms. The van der Waals surface area contributed by atoms with Crippen molar-refractivity contribution in [1.29, 1.82) is 0 Å². The van der Waals surface area contributed by atoms with E-state index in [0.29, 0.717) is 23.5 Å². The standard InChI is InChI=1S/C19H22N2O6S3/c1-25-17-10-13(19-28-8-9-29-19)2-3-16(17)27-18(22)15-11-14(12-20-15)30(23,24)21-4-6-26-7-5-21/h2-3,10-12,19-20H,4-9H2,1H3. The van der Waals surface area contributed by atoms with Crippen LogP contribution in [0.15, 0.2) is 35.4 Å². The Balaban J connectivity index is 1.49. The van der Waals surface area contributed by atoms with Crippen LogP contribution in [0.3, 0.4) is 0 Å². The first-order chi connectivity index (χ1) is 14.5. The van der Waals surface area contributed by atoms with Crippen LogP contribution in [0.4, 0.5) is 0 Å². The van der Waals surface area contributed by atoms with E-state index in [1.54, 1.807) is 6.07 Å². The van der Waals surface area contributed by atoms with E-state index in [1.165, 1.54) is 23.7 Å². The minimum absolute atomic E-state index is 0.0222. The van der Waals surface area contributed by atoms with Crippen LogP contribution in [0, 0.1) is 0 Å². The zero-order chi connectivity index (χ0) is 21.1. The van der Waals surface area contributed by atoms with Gasteiger partial charge in [0, 0.05) is 30.8 Å². The Labute approximate surface area is 183 Å². The summed E-state index contributed by atoms with van der Waals surface area (Å²) in [5, 5.41) is 0. The number of benzene rings is 1. The summed E-state index contributed by atoms with van der Waals surface area (Å²) >= 11 is 3.75. The van der Waals surface area contributed by atoms with E-state index >= 15 is 0 Å². The number of thioether (sulfide) groups is 2. The molecule has 0 radical (unpaired) electrons. The highest BCUT2D eigenvalue weighted by Gasteiger charge is 2.28. The van der Waals surface area contributed by atoms with Gasteiger partial charge < -0.3 is 19.2 Å². The lowest BCUT2D eigenvalue weighted by atomic mass is 10.2. The molecule has 1 aromatic carbocycles. The first-order valence-corrected chi connectivity index (χ1v) is 12.9. The summed E-state index contributed by atoms with van der Waals surface area (Å²) < 4.78 is 43.2. The number of H-pyrrole nitrogens is 1. The smallest absolute Gasteiger partial charge is 0.360 e. The van der Waals surface area contributed by atoms with Gasteiger partial charge in [0.25, 0.3) is 0 Å². The van der Waals surface area contributed by atoms with Crippen LogP contribution < -0.4 is 9.47 Å². The van der Waals surface area contributed by atoms with E-state index in [4.69, 9.17) is 14.2 Å². The highest BCUT2D eigenvalue weighted by atomic mass is 32.2. The normalized spacial score (nSPS) is 18.4. The molecular formula is C19H22N2O6S3. The van der Waals surface area contributed by atoms with Crippen LogP contribution in [0.25, 0.3) is 0 Å². The fraction of sp³-hybridized carbons (Fsp3) is 0.421. The lowest BCUT2D eigenvalue weighted by molar-refractivity contribution is 0.0723. The number of carbonyl (C=O) groups excluding carboxylic acids is 1. The number of ether oxygens (including phenoxy) is 3. The van der Waals surface area contributed by atoms with Gasteiger partial charge in [0.15, 0.2) is 11.5 Å². The third-order valence-corrected chi connectivity index (χ3v) is 9.75. The third-order valence-electron chi connectivity index (χ3n) is 4.77. The van der Waals surface area contributed by atoms with Crippen molar-refractivity contribution in [2.24, 2.45) is 0 Å². The number of nitrogens with zero attached hydrogens (tertiary/aromatic N) is 1. The van der Waals surface area contributed by atoms with Gasteiger partial charge in [-0.3, -0.25) is 0 Å². The largest absolute Gasteiger partial charge is 0.493 e. The predicted molar refractivity (Wildman–Crippen MR) is 116 cm³/mol. The molecule has 1 aromatic heterocycles. The molecule has 2 aromatic rings. The summed E-state index contributed by atoms with van der Waals surface area (Å²) in [7, 11) is -2.17. The monoisotopic (exact) mass is 470 g/mol. The number of rotatable bonds is 6. The molecule has 0 bridgehead atoms. The molecule has 0 atom stereocenters. The molecule has 0 spiro atoms. The average Bonchev–Trinajstić information content (AvgIpc) is 3.47. The van der Waals surface area contributed by atoms with Crippen LogP contribution >= 0.6 is 23.5 Å². The lowest BCUT2D eigenvalue weighted by Gasteiger charge is -2.25. The van der Waals surface area contributed by atoms with Crippen LogP contribution in [0.2, 0.25) is 0 Å². The second-order valence-electron chi connectivity index (χ2n) is 6.64. The first kappa shape index (κ1) is 21.6. The molecule has 2 aliphatic rings. The van der Waals surface area contributed by atoms with E-state index in [2.05, 4.69) is 4.98 Å². The van der Waals surface area contributed by atoms with Crippen LogP contribution in [-0.4, -0.2) is 68.6 Å². The summed E-state index contributed by atoms with van der Waals surface area (Å²) in [5.41, 5.74) is 1.16. The van der Waals surface area contributed by atoms with Crippen molar-refractivity contribution in [3.63, 3.8) is 0 Å². The van der Waals surface area contributed by atoms with Crippen molar-refractivity contribution in [3.05, 3.63) is 41.7 Å². The van der Waals surface area contributed by atoms with Crippen molar-refractivity contribution >= 4 is 39.5 Å². The second-order valence-corrected chi connectivity index (χ2v) is 11.3. The maximum Gasteiger partial charge on any atom is 0.360 e. The number of carbonyl (C=O) groups is 1. The van der Waals surface area contributed by atoms with E-state index in [9.17, 15) is 13.2 Å². The SMILES string of the molecule is COc1cc(C2SCCS2)ccc1OC(=O)c1cc(S(=O)(=O)N2CCOCC2)c[nH]1. The third kappa shape index (κ3) is 4.50. The Hall–Kier alpha value is -1.66. The Bertz CT molecular complexity index is 1010. The summed E-state index contributed by atoms with van der Waals surface area (Å²) in [6, 6.07) is 6.80. The molecule has 0 amide bonds. The highest BCUT2D eigenvalue weighted by Crippen LogP contribution is 2.47. The van der Waals surface area contributed by atoms with Crippen molar-refractivity contribution in [1.82, 2.24) is 9.29 Å². The van der Waals surface area contributed by atoms with E-state index in [0.717, 1.165) is 17.1 Å². The van der Waals surface area contributed by atoms with Crippen molar-refractivity contribution in [3.8, 4) is 11.5 Å². The molecule has 2 aliphatic heterocycles. The van der Waals surface area contributed by atoms with Gasteiger partial charge in [-0.05, 0) is 23.8 Å². The summed E-state index contributed by atoms with van der Waals surface area (Å²) in [5.74, 6) is 2.27. The van der Waals surface area contributed by atoms with E-state index < -0.39 is 16.0 Å². The van der Waals surface area contributed by atoms with Gasteiger partial charge in [0.2, 0.25) is 10.0 Å². The number of methoxy groups -OCH3 is 1. The van der Waals surface area contributed by atoms with Gasteiger partial charge in [0.1, 0.15) is 10.6 Å². The lowest BCUT2D eigenvalue weighted by Crippen LogP contribution is -2.40. The summed E-state index contributed by atoms with van der Waals surface area (Å²) in [4.78, 5) is 15.3. The second kappa shape index (κ2) is 9.23. The zero-order valence-electron chi connectivity index (χ0n) is 16.3. The van der Waals surface area contributed by atoms with E-state index in [-0.39, 0.29) is 29.4 Å². The molecule has 162 valence electrons. The predicted octanol–water partition coefficient (Wildman–Crippen LogP) is 2.74. The first-order valence-electron chi connectivity index (χ1n) is 9.38. The van der Waals surface area contributed by atoms with Crippen molar-refractivity contribution in [2.45, 2.75) is 9.48 Å². The van der Waals surface area contributed by atoms with Gasteiger partial charge in [-0.15, -0.1) is 23.5 Å². The molecule has 2 fully saturated rings. The van der Waals surface area contributed by atoms with E-state index in [1.807, 2.05) is 35.7 Å². The maximum absolute atomic E-state index is 12.7. The summed E-state index contributed by atoms with van der Waals surface area (Å²) in [6.07, 6.45) is 1.30. The Kier molecular flexibility index (Phi) is 6.63. The van der Waals surface area contributed by atoms with Gasteiger partial charge >= 0.3 is 5.97 Å². The molecular weight excluding hydrogens is 448 g/mol. The number of hydrogen-bond donors (Lipinski definition) is 1. The number of esters is 1. The molecule has 4 rings (SSSR count). The highest BCUT2D eigenvalue weighted by molar-refractivity contribution is 8.19. The maximum atomic E-state index is 12.7. The van der Waals surface area contributed by atoms with Crippen molar-refractivity contribution in [2.75, 3.05) is 44.9 Å². The van der Waals surface area contributed by atoms with Crippen LogP contribution in [0.1, 0.15) is 20.6 Å². The molecule has 8 nitrogen and oxygen atoms in total. The van der Waals surface area contributed by atoms with Gasteiger partial charge in [0.05, 0.1) is 24.9 Å². The number of hydrogen-bond acceptors (Lipinski definition) is 8. The van der Waals surface area contributed by atoms with Crippen molar-refractivity contribution < 1.29 is 27.4 Å². The van der Waals surface area contributed by atoms with Gasteiger partial charge in [-0.1, -0.05) is 6.07 Å². The number of sulfonamides is 1. The molecule has 1 N–H and O–H groups in total. The number of morpholine rings is 1. The number of aromatic amines is 1. The quantitative estimate of drug-likeness (QED) is 0.508. The number of aromatic nitrogens is 1. The molecule has 3 heterocycles. The molecule has 0 saturated carbocycles. The minimum atomic E-state index is -3.69. The Morgan fingerprint density at radius 3 is 2.60 bits per heavy atom. The summed E-state index contributed by atoms with van der Waals surface area (Å²) in [6.45, 7) is 1.28. The topological polar surface area (TPSA) is 97.9 Å². The fourth-order valence-corrected chi connectivity index (χ4v) is 7.44. The van der Waals surface area contributed by atoms with Crippen LogP contribution in [0.5, 0.6) is 11.5 Å². The molecule has 30 heavy (non-hydrogen) atoms. The Morgan fingerprint density at radius 2 is 1.90 bits per heavy atom. The fourth-order valence-electron chi connectivity index (χ4n) is 3.20. The van der Waals surface area contributed by atoms with Gasteiger partial charge in [-0.2, -0.15) is 4.31 Å². The molecule has 2 saturated heterocycles. The molecule has 0 aliphatic carbocycles. The molecule has 0 unspecified atom stereocenters. The average molecular weight is 471 g/mol. The van der Waals surface area contributed by atoms with Crippen LogP contribution in [-0.2, 0) is 14.8 Å². The van der Waals surface area contributed by atoms with Gasteiger partial charge in [-0.25, -0.2) is 13.2 Å². The zero-order valence-corrected chi connectivity index (χ0v) is 18.8. The Morgan fingerprint density at radius 1 is 1.17 bits per heavy atom. The number of nitrogens with one attached hydrogen (secondary N) is 1. The minimum Gasteiger partial charge on any atom is -0.493 e.